The second-order valence-corrected chi connectivity index (χ2v) is 14.5. The number of rotatable bonds is 5. The molecule has 0 atom stereocenters. The highest BCUT2D eigenvalue weighted by Crippen LogP contribution is 2.43. The monoisotopic (exact) mass is 729 g/mol. The molecule has 0 radical (unpaired) electrons. The van der Waals surface area contributed by atoms with Gasteiger partial charge in [-0.25, -0.2) is 9.97 Å². The van der Waals surface area contributed by atoms with Crippen molar-refractivity contribution in [3.05, 3.63) is 188 Å². The normalized spacial score (nSPS) is 11.9. The number of furan rings is 2. The molecule has 8 aromatic carbocycles. The van der Waals surface area contributed by atoms with Crippen molar-refractivity contribution in [1.29, 1.82) is 0 Å². The molecule has 0 saturated carbocycles. The lowest BCUT2D eigenvalue weighted by atomic mass is 9.98. The van der Waals surface area contributed by atoms with E-state index >= 15 is 0 Å². The average Bonchev–Trinajstić information content (AvgIpc) is 3.96. The summed E-state index contributed by atoms with van der Waals surface area (Å²) in [5.41, 5.74) is 13.5. The smallest absolute Gasteiger partial charge is 0.160 e. The third-order valence-corrected chi connectivity index (χ3v) is 11.2. The molecule has 266 valence electrons. The molecule has 0 aliphatic rings. The van der Waals surface area contributed by atoms with Gasteiger partial charge in [0.05, 0.1) is 22.4 Å². The number of fused-ring (bicyclic) bond motifs is 9. The minimum atomic E-state index is 0.627. The molecule has 5 nitrogen and oxygen atoms in total. The number of nitrogens with zero attached hydrogens (tertiary/aromatic N) is 3. The molecule has 0 aliphatic heterocycles. The molecule has 12 aromatic rings. The van der Waals surface area contributed by atoms with Gasteiger partial charge in [0.1, 0.15) is 22.3 Å². The van der Waals surface area contributed by atoms with E-state index in [1.807, 2.05) is 36.4 Å². The van der Waals surface area contributed by atoms with Gasteiger partial charge in [0.2, 0.25) is 0 Å². The fraction of sp³-hybridized carbons (Fsp3) is 0. The Labute approximate surface area is 326 Å². The van der Waals surface area contributed by atoms with E-state index in [-0.39, 0.29) is 0 Å². The summed E-state index contributed by atoms with van der Waals surface area (Å²) in [7, 11) is 0. The molecule has 0 amide bonds. The van der Waals surface area contributed by atoms with Crippen LogP contribution in [-0.2, 0) is 0 Å². The van der Waals surface area contributed by atoms with E-state index in [9.17, 15) is 0 Å². The third kappa shape index (κ3) is 4.96. The van der Waals surface area contributed by atoms with Crippen molar-refractivity contribution in [1.82, 2.24) is 14.5 Å². The Morgan fingerprint density at radius 2 is 1.04 bits per heavy atom. The Balaban J connectivity index is 1.04. The fourth-order valence-electron chi connectivity index (χ4n) is 8.62. The molecular formula is C52H31N3O2. The van der Waals surface area contributed by atoms with Gasteiger partial charge in [0.15, 0.2) is 5.82 Å². The van der Waals surface area contributed by atoms with E-state index in [0.29, 0.717) is 5.82 Å². The number of hydrogen-bond donors (Lipinski definition) is 0. The van der Waals surface area contributed by atoms with E-state index in [1.165, 1.54) is 21.8 Å². The molecule has 0 N–H and O–H groups in total. The van der Waals surface area contributed by atoms with Crippen LogP contribution in [0, 0.1) is 0 Å². The van der Waals surface area contributed by atoms with Crippen LogP contribution < -0.4 is 0 Å². The molecule has 0 bridgehead atoms. The van der Waals surface area contributed by atoms with Crippen LogP contribution in [-0.4, -0.2) is 14.5 Å². The zero-order valence-corrected chi connectivity index (χ0v) is 30.6. The standard InChI is InChI=1S/C52H31N3O2/c1-3-13-32(14-4-1)43-31-44(54-52(53-43)34-25-27-39-38-18-8-10-23-47(38)56-49(39)30-34)40-20-12-24-48-50(40)41-21-11-19-36(51(41)57-48)33-26-28-46-42(29-33)37-17-7-9-22-45(37)55(46)35-15-5-2-6-16-35/h1-31H. The van der Waals surface area contributed by atoms with Crippen molar-refractivity contribution in [2.45, 2.75) is 0 Å². The van der Waals surface area contributed by atoms with Gasteiger partial charge in [-0.2, -0.15) is 0 Å². The molecule has 4 aromatic heterocycles. The van der Waals surface area contributed by atoms with Crippen molar-refractivity contribution in [3.63, 3.8) is 0 Å². The molecular weight excluding hydrogens is 699 g/mol. The molecule has 0 spiro atoms. The van der Waals surface area contributed by atoms with Crippen LogP contribution >= 0.6 is 0 Å². The van der Waals surface area contributed by atoms with Crippen LogP contribution in [0.3, 0.4) is 0 Å². The topological polar surface area (TPSA) is 57.0 Å². The van der Waals surface area contributed by atoms with Crippen LogP contribution in [0.15, 0.2) is 197 Å². The Bertz CT molecular complexity index is 3520. The molecule has 0 aliphatic carbocycles. The Hall–Kier alpha value is -7.76. The Morgan fingerprint density at radius 3 is 1.93 bits per heavy atom. The lowest BCUT2D eigenvalue weighted by molar-refractivity contribution is 0.669. The van der Waals surface area contributed by atoms with Gasteiger partial charge in [0.25, 0.3) is 0 Å². The maximum atomic E-state index is 6.82. The van der Waals surface area contributed by atoms with Crippen molar-refractivity contribution in [2.24, 2.45) is 0 Å². The summed E-state index contributed by atoms with van der Waals surface area (Å²) in [6.07, 6.45) is 0. The van der Waals surface area contributed by atoms with E-state index in [2.05, 4.69) is 156 Å². The van der Waals surface area contributed by atoms with Gasteiger partial charge >= 0.3 is 0 Å². The van der Waals surface area contributed by atoms with E-state index < -0.39 is 0 Å². The minimum Gasteiger partial charge on any atom is -0.456 e. The SMILES string of the molecule is c1ccc(-c2cc(-c3cccc4oc5c(-c6ccc7c(c6)c6ccccc6n7-c6ccccc6)cccc5c34)nc(-c3ccc4c(c3)oc3ccccc34)n2)cc1. The largest absolute Gasteiger partial charge is 0.456 e. The zero-order chi connectivity index (χ0) is 37.5. The molecule has 12 rings (SSSR count). The first-order valence-corrected chi connectivity index (χ1v) is 19.1. The van der Waals surface area contributed by atoms with Gasteiger partial charge in [-0.15, -0.1) is 0 Å². The lowest BCUT2D eigenvalue weighted by Gasteiger charge is -2.10. The number of benzene rings is 8. The van der Waals surface area contributed by atoms with Gasteiger partial charge in [0, 0.05) is 60.3 Å². The van der Waals surface area contributed by atoms with Gasteiger partial charge in [-0.05, 0) is 66.2 Å². The maximum absolute atomic E-state index is 6.82. The molecule has 0 unspecified atom stereocenters. The second kappa shape index (κ2) is 12.4. The first-order chi connectivity index (χ1) is 28.2. The predicted octanol–water partition coefficient (Wildman–Crippen LogP) is 14.0. The quantitative estimate of drug-likeness (QED) is 0.177. The van der Waals surface area contributed by atoms with E-state index in [0.717, 1.165) is 88.8 Å². The van der Waals surface area contributed by atoms with E-state index in [4.69, 9.17) is 18.8 Å². The molecule has 0 fully saturated rings. The fourth-order valence-corrected chi connectivity index (χ4v) is 8.62. The van der Waals surface area contributed by atoms with Crippen molar-refractivity contribution < 1.29 is 8.83 Å². The zero-order valence-electron chi connectivity index (χ0n) is 30.6. The predicted molar refractivity (Wildman–Crippen MR) is 233 cm³/mol. The molecule has 4 heterocycles. The number of hydrogen-bond acceptors (Lipinski definition) is 4. The van der Waals surface area contributed by atoms with Crippen LogP contribution in [0.1, 0.15) is 0 Å². The minimum absolute atomic E-state index is 0.627. The summed E-state index contributed by atoms with van der Waals surface area (Å²) < 4.78 is 15.4. The Morgan fingerprint density at radius 1 is 0.368 bits per heavy atom. The van der Waals surface area contributed by atoms with Crippen LogP contribution in [0.5, 0.6) is 0 Å². The highest BCUT2D eigenvalue weighted by Gasteiger charge is 2.20. The first kappa shape index (κ1) is 31.6. The third-order valence-electron chi connectivity index (χ3n) is 11.2. The first-order valence-electron chi connectivity index (χ1n) is 19.1. The van der Waals surface area contributed by atoms with Crippen LogP contribution in [0.4, 0.5) is 0 Å². The average molecular weight is 730 g/mol. The van der Waals surface area contributed by atoms with Gasteiger partial charge < -0.3 is 13.4 Å². The Kier molecular flexibility index (Phi) is 6.86. The van der Waals surface area contributed by atoms with Crippen LogP contribution in [0.25, 0.3) is 116 Å². The number of aromatic nitrogens is 3. The summed E-state index contributed by atoms with van der Waals surface area (Å²) >= 11 is 0. The summed E-state index contributed by atoms with van der Waals surface area (Å²) in [5.74, 6) is 0.627. The molecule has 0 saturated heterocycles. The lowest BCUT2D eigenvalue weighted by Crippen LogP contribution is -1.96. The van der Waals surface area contributed by atoms with E-state index in [1.54, 1.807) is 0 Å². The maximum Gasteiger partial charge on any atom is 0.160 e. The van der Waals surface area contributed by atoms with Crippen LogP contribution in [0.2, 0.25) is 0 Å². The van der Waals surface area contributed by atoms with Crippen molar-refractivity contribution >= 4 is 65.7 Å². The van der Waals surface area contributed by atoms with Crippen molar-refractivity contribution in [2.75, 3.05) is 0 Å². The van der Waals surface area contributed by atoms with Crippen molar-refractivity contribution in [3.8, 4) is 50.7 Å². The molecule has 57 heavy (non-hydrogen) atoms. The summed E-state index contributed by atoms with van der Waals surface area (Å²) in [6.45, 7) is 0. The summed E-state index contributed by atoms with van der Waals surface area (Å²) in [6, 6.07) is 65.4. The number of para-hydroxylation sites is 4. The van der Waals surface area contributed by atoms with Gasteiger partial charge in [-0.1, -0.05) is 127 Å². The highest BCUT2D eigenvalue weighted by atomic mass is 16.3. The summed E-state index contributed by atoms with van der Waals surface area (Å²) in [5, 5.41) is 6.63. The summed E-state index contributed by atoms with van der Waals surface area (Å²) in [4.78, 5) is 10.4. The molecule has 5 heteroatoms. The highest BCUT2D eigenvalue weighted by molar-refractivity contribution is 6.16. The second-order valence-electron chi connectivity index (χ2n) is 14.5. The van der Waals surface area contributed by atoms with Gasteiger partial charge in [-0.3, -0.25) is 0 Å².